The van der Waals surface area contributed by atoms with Crippen LogP contribution >= 0.6 is 0 Å². The normalized spacial score (nSPS) is 20.9. The van der Waals surface area contributed by atoms with Crippen LogP contribution < -0.4 is 5.73 Å². The fourth-order valence-corrected chi connectivity index (χ4v) is 1.22. The highest BCUT2D eigenvalue weighted by atomic mass is 15.1. The van der Waals surface area contributed by atoms with Crippen molar-refractivity contribution >= 4 is 0 Å². The van der Waals surface area contributed by atoms with Crippen molar-refractivity contribution < 1.29 is 0 Å². The number of hydrogen-bond acceptors (Lipinski definition) is 2. The van der Waals surface area contributed by atoms with E-state index in [-0.39, 0.29) is 0 Å². The zero-order valence-electron chi connectivity index (χ0n) is 6.20. The highest BCUT2D eigenvalue weighted by Gasteiger charge is 2.08. The van der Waals surface area contributed by atoms with Gasteiger partial charge in [0.2, 0.25) is 0 Å². The van der Waals surface area contributed by atoms with E-state index in [2.05, 4.69) is 23.1 Å². The molecule has 0 aromatic rings. The van der Waals surface area contributed by atoms with Crippen LogP contribution in [0.2, 0.25) is 0 Å². The molecule has 2 aliphatic heterocycles. The summed E-state index contributed by atoms with van der Waals surface area (Å²) in [6.45, 7) is 0.951. The Morgan fingerprint density at radius 3 is 3.27 bits per heavy atom. The lowest BCUT2D eigenvalue weighted by atomic mass is 10.2. The minimum absolute atomic E-state index is 0.822. The summed E-state index contributed by atoms with van der Waals surface area (Å²) >= 11 is 0. The Morgan fingerprint density at radius 2 is 2.36 bits per heavy atom. The molecule has 2 rings (SSSR count). The molecule has 0 atom stereocenters. The van der Waals surface area contributed by atoms with Gasteiger partial charge in [-0.25, -0.2) is 0 Å². The first kappa shape index (κ1) is 6.28. The summed E-state index contributed by atoms with van der Waals surface area (Å²) in [7, 11) is 0. The summed E-state index contributed by atoms with van der Waals surface area (Å²) in [6, 6.07) is 0. The maximum atomic E-state index is 5.62. The molecule has 2 aliphatic rings. The summed E-state index contributed by atoms with van der Waals surface area (Å²) in [4.78, 5) is 2.15. The summed E-state index contributed by atoms with van der Waals surface area (Å²) < 4.78 is 0. The second-order valence-corrected chi connectivity index (χ2v) is 2.63. The second kappa shape index (κ2) is 2.31. The van der Waals surface area contributed by atoms with Crippen molar-refractivity contribution in [3.8, 4) is 0 Å². The fraction of sp³-hybridized carbons (Fsp3) is 0.111. The van der Waals surface area contributed by atoms with Gasteiger partial charge in [0.05, 0.1) is 0 Å². The Morgan fingerprint density at radius 1 is 1.45 bits per heavy atom. The average molecular weight is 146 g/mol. The van der Waals surface area contributed by atoms with Gasteiger partial charge in [0.1, 0.15) is 0 Å². The number of fused-ring (bicyclic) bond motifs is 1. The summed E-state index contributed by atoms with van der Waals surface area (Å²) in [5.41, 5.74) is 7.62. The lowest BCUT2D eigenvalue weighted by Gasteiger charge is -2.25. The SMILES string of the molecule is NC1=CC2=CC=CCN2C=C1. The predicted molar refractivity (Wildman–Crippen MR) is 45.3 cm³/mol. The molecule has 0 fully saturated rings. The topological polar surface area (TPSA) is 29.3 Å². The molecule has 2 heterocycles. The minimum Gasteiger partial charge on any atom is -0.399 e. The van der Waals surface area contributed by atoms with Gasteiger partial charge in [-0.3, -0.25) is 0 Å². The zero-order valence-corrected chi connectivity index (χ0v) is 6.20. The Balaban J connectivity index is 2.35. The summed E-state index contributed by atoms with van der Waals surface area (Å²) in [5.74, 6) is 0. The molecule has 0 saturated carbocycles. The van der Waals surface area contributed by atoms with Crippen molar-refractivity contribution in [2.24, 2.45) is 5.73 Å². The quantitative estimate of drug-likeness (QED) is 0.554. The van der Waals surface area contributed by atoms with E-state index < -0.39 is 0 Å². The van der Waals surface area contributed by atoms with E-state index in [1.165, 1.54) is 5.70 Å². The third-order valence-electron chi connectivity index (χ3n) is 1.80. The van der Waals surface area contributed by atoms with Gasteiger partial charge in [0.25, 0.3) is 0 Å². The third-order valence-corrected chi connectivity index (χ3v) is 1.80. The van der Waals surface area contributed by atoms with Gasteiger partial charge in [-0.1, -0.05) is 12.2 Å². The van der Waals surface area contributed by atoms with Crippen molar-refractivity contribution in [2.75, 3.05) is 6.54 Å². The van der Waals surface area contributed by atoms with Crippen LogP contribution in [0.5, 0.6) is 0 Å². The second-order valence-electron chi connectivity index (χ2n) is 2.63. The molecule has 0 aromatic carbocycles. The van der Waals surface area contributed by atoms with Gasteiger partial charge in [-0.05, 0) is 18.2 Å². The highest BCUT2D eigenvalue weighted by Crippen LogP contribution is 2.16. The Labute approximate surface area is 66.0 Å². The van der Waals surface area contributed by atoms with E-state index >= 15 is 0 Å². The van der Waals surface area contributed by atoms with Crippen molar-refractivity contribution in [1.29, 1.82) is 0 Å². The van der Waals surface area contributed by atoms with Gasteiger partial charge in [-0.2, -0.15) is 0 Å². The number of nitrogens with zero attached hydrogens (tertiary/aromatic N) is 1. The standard InChI is InChI=1S/C9H10N2/c10-8-4-6-11-5-2-1-3-9(11)7-8/h1-4,6-7H,5,10H2. The van der Waals surface area contributed by atoms with Gasteiger partial charge in [0.15, 0.2) is 0 Å². The zero-order chi connectivity index (χ0) is 7.68. The lowest BCUT2D eigenvalue weighted by molar-refractivity contribution is 0.521. The molecule has 0 bridgehead atoms. The molecule has 2 nitrogen and oxygen atoms in total. The minimum atomic E-state index is 0.822. The summed E-state index contributed by atoms with van der Waals surface area (Å²) in [6.07, 6.45) is 12.1. The first-order chi connectivity index (χ1) is 5.36. The molecule has 0 radical (unpaired) electrons. The molecule has 2 heteroatoms. The van der Waals surface area contributed by atoms with Crippen LogP contribution in [-0.2, 0) is 0 Å². The van der Waals surface area contributed by atoms with Gasteiger partial charge < -0.3 is 10.6 Å². The van der Waals surface area contributed by atoms with Crippen LogP contribution in [0.15, 0.2) is 48.0 Å². The van der Waals surface area contributed by atoms with E-state index in [4.69, 9.17) is 5.73 Å². The molecular weight excluding hydrogens is 136 g/mol. The molecule has 11 heavy (non-hydrogen) atoms. The van der Waals surface area contributed by atoms with Crippen LogP contribution in [-0.4, -0.2) is 11.4 Å². The smallest absolute Gasteiger partial charge is 0.0429 e. The van der Waals surface area contributed by atoms with Crippen LogP contribution in [0, 0.1) is 0 Å². The number of allylic oxidation sites excluding steroid dienone is 4. The first-order valence-corrected chi connectivity index (χ1v) is 3.65. The van der Waals surface area contributed by atoms with E-state index in [1.54, 1.807) is 0 Å². The molecule has 0 aromatic heterocycles. The average Bonchev–Trinajstić information content (AvgIpc) is 2.04. The molecule has 0 aliphatic carbocycles. The van der Waals surface area contributed by atoms with Crippen molar-refractivity contribution in [1.82, 2.24) is 4.90 Å². The van der Waals surface area contributed by atoms with Crippen LogP contribution in [0.1, 0.15) is 0 Å². The van der Waals surface area contributed by atoms with Gasteiger partial charge in [0, 0.05) is 24.1 Å². The summed E-state index contributed by atoms with van der Waals surface area (Å²) in [5, 5.41) is 0. The molecule has 0 saturated heterocycles. The molecule has 0 unspecified atom stereocenters. The Kier molecular flexibility index (Phi) is 1.32. The molecule has 56 valence electrons. The van der Waals surface area contributed by atoms with Crippen LogP contribution in [0.25, 0.3) is 0 Å². The van der Waals surface area contributed by atoms with Crippen molar-refractivity contribution in [2.45, 2.75) is 0 Å². The Hall–Kier alpha value is -1.44. The van der Waals surface area contributed by atoms with Crippen LogP contribution in [0.3, 0.4) is 0 Å². The van der Waals surface area contributed by atoms with E-state index in [0.717, 1.165) is 12.2 Å². The van der Waals surface area contributed by atoms with Gasteiger partial charge in [-0.15, -0.1) is 0 Å². The van der Waals surface area contributed by atoms with E-state index in [1.807, 2.05) is 18.4 Å². The number of nitrogens with two attached hydrogens (primary N) is 1. The maximum absolute atomic E-state index is 5.62. The first-order valence-electron chi connectivity index (χ1n) is 3.65. The number of hydrogen-bond donors (Lipinski definition) is 1. The largest absolute Gasteiger partial charge is 0.399 e. The van der Waals surface area contributed by atoms with Gasteiger partial charge >= 0.3 is 0 Å². The fourth-order valence-electron chi connectivity index (χ4n) is 1.22. The maximum Gasteiger partial charge on any atom is 0.0429 e. The molecular formula is C9H10N2. The van der Waals surface area contributed by atoms with Crippen LogP contribution in [0.4, 0.5) is 0 Å². The van der Waals surface area contributed by atoms with E-state index in [0.29, 0.717) is 0 Å². The Bertz CT molecular complexity index is 282. The van der Waals surface area contributed by atoms with Crippen molar-refractivity contribution in [3.63, 3.8) is 0 Å². The molecule has 0 spiro atoms. The molecule has 2 N–H and O–H groups in total. The molecule has 0 amide bonds. The lowest BCUT2D eigenvalue weighted by Crippen LogP contribution is -2.21. The number of rotatable bonds is 0. The monoisotopic (exact) mass is 146 g/mol. The highest BCUT2D eigenvalue weighted by molar-refractivity contribution is 5.37. The third kappa shape index (κ3) is 1.07. The van der Waals surface area contributed by atoms with E-state index in [9.17, 15) is 0 Å². The van der Waals surface area contributed by atoms with Crippen molar-refractivity contribution in [3.05, 3.63) is 48.0 Å². The predicted octanol–water partition coefficient (Wildman–Crippen LogP) is 1.11.